The molecule has 2 N–H and O–H groups in total. The molecule has 3 heterocycles. The van der Waals surface area contributed by atoms with E-state index in [2.05, 4.69) is 15.6 Å². The number of hydrogen-bond acceptors (Lipinski definition) is 7. The second-order valence-electron chi connectivity index (χ2n) is 7.97. The van der Waals surface area contributed by atoms with Gasteiger partial charge in [0.05, 0.1) is 31.7 Å². The lowest BCUT2D eigenvalue weighted by Gasteiger charge is -2.28. The summed E-state index contributed by atoms with van der Waals surface area (Å²) in [6.07, 6.45) is 3.26. The fourth-order valence-electron chi connectivity index (χ4n) is 4.06. The summed E-state index contributed by atoms with van der Waals surface area (Å²) in [6.45, 7) is 1.86. The van der Waals surface area contributed by atoms with Crippen molar-refractivity contribution in [3.63, 3.8) is 0 Å². The van der Waals surface area contributed by atoms with Crippen molar-refractivity contribution in [1.82, 2.24) is 19.7 Å². The number of carbonyl (C=O) groups excluding carboxylic acids is 1. The molecule has 0 radical (unpaired) electrons. The largest absolute Gasteiger partial charge is 0.497 e. The van der Waals surface area contributed by atoms with E-state index in [0.29, 0.717) is 34.5 Å². The van der Waals surface area contributed by atoms with E-state index < -0.39 is 6.04 Å². The van der Waals surface area contributed by atoms with Gasteiger partial charge < -0.3 is 20.1 Å². The third-order valence-electron chi connectivity index (χ3n) is 5.77. The number of allylic oxidation sites excluding steroid dienone is 1. The summed E-state index contributed by atoms with van der Waals surface area (Å²) in [5.74, 6) is 2.24. The molecule has 0 saturated carbocycles. The zero-order valence-electron chi connectivity index (χ0n) is 19.5. The van der Waals surface area contributed by atoms with Gasteiger partial charge >= 0.3 is 0 Å². The number of fused-ring (bicyclic) bond motifs is 1. The van der Waals surface area contributed by atoms with Gasteiger partial charge in [-0.05, 0) is 61.0 Å². The molecule has 9 nitrogen and oxygen atoms in total. The van der Waals surface area contributed by atoms with Gasteiger partial charge in [-0.25, -0.2) is 4.68 Å². The first-order valence-corrected chi connectivity index (χ1v) is 11.0. The van der Waals surface area contributed by atoms with Crippen molar-refractivity contribution in [2.24, 2.45) is 0 Å². The number of rotatable bonds is 6. The number of nitrogens with zero attached hydrogens (tertiary/aromatic N) is 4. The van der Waals surface area contributed by atoms with Crippen molar-refractivity contribution in [3.8, 4) is 22.9 Å². The Morgan fingerprint density at radius 1 is 1.03 bits per heavy atom. The van der Waals surface area contributed by atoms with E-state index in [0.717, 1.165) is 16.9 Å². The summed E-state index contributed by atoms with van der Waals surface area (Å²) in [5.41, 5.74) is 3.47. The number of ether oxygens (including phenoxy) is 2. The van der Waals surface area contributed by atoms with Crippen LogP contribution in [-0.4, -0.2) is 39.9 Å². The van der Waals surface area contributed by atoms with Crippen LogP contribution in [0, 0.1) is 0 Å². The molecule has 2 aromatic heterocycles. The van der Waals surface area contributed by atoms with Gasteiger partial charge in [-0.15, -0.1) is 5.10 Å². The highest BCUT2D eigenvalue weighted by Gasteiger charge is 2.34. The quantitative estimate of drug-likeness (QED) is 0.435. The number of hydrogen-bond donors (Lipinski definition) is 2. The number of carbonyl (C=O) groups is 1. The summed E-state index contributed by atoms with van der Waals surface area (Å²) >= 11 is 0. The predicted octanol–water partition coefficient (Wildman–Crippen LogP) is 4.28. The molecular formula is C26H24N6O3. The molecule has 5 rings (SSSR count). The Morgan fingerprint density at radius 2 is 1.83 bits per heavy atom. The zero-order chi connectivity index (χ0) is 24.4. The Labute approximate surface area is 202 Å². The molecule has 1 atom stereocenters. The van der Waals surface area contributed by atoms with E-state index >= 15 is 0 Å². The fourth-order valence-corrected chi connectivity index (χ4v) is 4.06. The van der Waals surface area contributed by atoms with Crippen molar-refractivity contribution < 1.29 is 14.3 Å². The topological polar surface area (TPSA) is 103 Å². The van der Waals surface area contributed by atoms with Crippen LogP contribution >= 0.6 is 0 Å². The van der Waals surface area contributed by atoms with Crippen LogP contribution in [0.3, 0.4) is 0 Å². The minimum Gasteiger partial charge on any atom is -0.497 e. The van der Waals surface area contributed by atoms with E-state index in [4.69, 9.17) is 19.6 Å². The molecule has 1 aliphatic heterocycles. The molecule has 9 heteroatoms. The van der Waals surface area contributed by atoms with Crippen LogP contribution in [0.4, 0.5) is 11.6 Å². The molecule has 0 aliphatic carbocycles. The second kappa shape index (κ2) is 9.30. The van der Waals surface area contributed by atoms with Crippen LogP contribution in [0.15, 0.2) is 84.3 Å². The van der Waals surface area contributed by atoms with Gasteiger partial charge in [-0.2, -0.15) is 4.98 Å². The molecule has 35 heavy (non-hydrogen) atoms. The average molecular weight is 469 g/mol. The zero-order valence-corrected chi connectivity index (χ0v) is 19.5. The molecule has 1 amide bonds. The first-order chi connectivity index (χ1) is 17.1. The maximum absolute atomic E-state index is 13.5. The number of amides is 1. The van der Waals surface area contributed by atoms with Crippen LogP contribution in [0.5, 0.6) is 11.5 Å². The molecule has 0 spiro atoms. The van der Waals surface area contributed by atoms with Crippen molar-refractivity contribution in [2.45, 2.75) is 13.0 Å². The third-order valence-corrected chi connectivity index (χ3v) is 5.77. The highest BCUT2D eigenvalue weighted by molar-refractivity contribution is 6.06. The number of aromatic nitrogens is 4. The molecular weight excluding hydrogens is 444 g/mol. The smallest absolute Gasteiger partial charge is 0.255 e. The van der Waals surface area contributed by atoms with Gasteiger partial charge in [0.15, 0.2) is 5.82 Å². The van der Waals surface area contributed by atoms with E-state index in [1.54, 1.807) is 43.4 Å². The molecule has 0 bridgehead atoms. The van der Waals surface area contributed by atoms with Crippen LogP contribution in [0.25, 0.3) is 11.4 Å². The van der Waals surface area contributed by atoms with Crippen molar-refractivity contribution in [1.29, 1.82) is 0 Å². The molecule has 4 aromatic rings. The number of anilines is 2. The Kier molecular flexibility index (Phi) is 5.88. The van der Waals surface area contributed by atoms with Crippen molar-refractivity contribution in [3.05, 3.63) is 89.9 Å². The Balaban J connectivity index is 1.60. The Hall–Kier alpha value is -4.66. The maximum Gasteiger partial charge on any atom is 0.255 e. The van der Waals surface area contributed by atoms with Gasteiger partial charge in [0.25, 0.3) is 5.91 Å². The number of nitrogens with one attached hydrogen (secondary N) is 2. The minimum atomic E-state index is -0.530. The third kappa shape index (κ3) is 4.31. The Morgan fingerprint density at radius 3 is 2.54 bits per heavy atom. The molecule has 176 valence electrons. The van der Waals surface area contributed by atoms with Gasteiger partial charge in [0.2, 0.25) is 5.95 Å². The number of benzene rings is 2. The summed E-state index contributed by atoms with van der Waals surface area (Å²) in [7, 11) is 3.24. The SMILES string of the molecule is COc1ccc(-c2nc3n(n2)[C@@H](c2cccc(OC)c2)C(C(=O)Nc2cccnc2)=C(C)N3)cc1. The number of methoxy groups -OCH3 is 2. The maximum atomic E-state index is 13.5. The molecule has 0 saturated heterocycles. The molecule has 0 fully saturated rings. The van der Waals surface area contributed by atoms with E-state index in [-0.39, 0.29) is 5.91 Å². The monoisotopic (exact) mass is 468 g/mol. The van der Waals surface area contributed by atoms with Crippen LogP contribution in [-0.2, 0) is 4.79 Å². The molecule has 0 unspecified atom stereocenters. The predicted molar refractivity (Wildman–Crippen MR) is 132 cm³/mol. The lowest BCUT2D eigenvalue weighted by atomic mass is 9.95. The summed E-state index contributed by atoms with van der Waals surface area (Å²) in [4.78, 5) is 22.3. The lowest BCUT2D eigenvalue weighted by molar-refractivity contribution is -0.113. The lowest BCUT2D eigenvalue weighted by Crippen LogP contribution is -2.31. The molecule has 1 aliphatic rings. The van der Waals surface area contributed by atoms with Crippen molar-refractivity contribution in [2.75, 3.05) is 24.9 Å². The standard InChI is InChI=1S/C26H24N6O3/c1-16-22(25(33)29-19-7-5-13-27-15-19)23(18-6-4-8-21(14-18)35-3)32-26(28-16)30-24(31-32)17-9-11-20(34-2)12-10-17/h4-15,23H,1-3H3,(H,29,33)(H,28,30,31)/t23-/m0/s1. The van der Waals surface area contributed by atoms with Gasteiger partial charge in [-0.3, -0.25) is 9.78 Å². The second-order valence-corrected chi connectivity index (χ2v) is 7.97. The normalized spacial score (nSPS) is 14.7. The van der Waals surface area contributed by atoms with E-state index in [1.807, 2.05) is 55.5 Å². The number of pyridine rings is 1. The first kappa shape index (κ1) is 22.1. The van der Waals surface area contributed by atoms with Gasteiger partial charge in [0, 0.05) is 17.5 Å². The minimum absolute atomic E-state index is 0.261. The van der Waals surface area contributed by atoms with Crippen LogP contribution < -0.4 is 20.1 Å². The van der Waals surface area contributed by atoms with Crippen LogP contribution in [0.1, 0.15) is 18.5 Å². The van der Waals surface area contributed by atoms with E-state index in [9.17, 15) is 4.79 Å². The van der Waals surface area contributed by atoms with E-state index in [1.165, 1.54) is 0 Å². The summed E-state index contributed by atoms with van der Waals surface area (Å²) < 4.78 is 12.4. The highest BCUT2D eigenvalue weighted by atomic mass is 16.5. The average Bonchev–Trinajstić information content (AvgIpc) is 3.32. The Bertz CT molecular complexity index is 1400. The first-order valence-electron chi connectivity index (χ1n) is 11.0. The highest BCUT2D eigenvalue weighted by Crippen LogP contribution is 2.37. The van der Waals surface area contributed by atoms with Crippen molar-refractivity contribution >= 4 is 17.5 Å². The molecule has 2 aromatic carbocycles. The van der Waals surface area contributed by atoms with Gasteiger partial charge in [-0.1, -0.05) is 12.1 Å². The van der Waals surface area contributed by atoms with Gasteiger partial charge in [0.1, 0.15) is 17.5 Å². The van der Waals surface area contributed by atoms with Crippen LogP contribution in [0.2, 0.25) is 0 Å². The summed E-state index contributed by atoms with van der Waals surface area (Å²) in [6, 6.07) is 18.2. The fraction of sp³-hybridized carbons (Fsp3) is 0.154. The summed E-state index contributed by atoms with van der Waals surface area (Å²) in [5, 5.41) is 11.0.